The van der Waals surface area contributed by atoms with E-state index in [4.69, 9.17) is 43.1 Å². The summed E-state index contributed by atoms with van der Waals surface area (Å²) in [5, 5.41) is 10.7. The number of nitrogens with two attached hydrogens (primary N) is 1. The summed E-state index contributed by atoms with van der Waals surface area (Å²) >= 11 is 12.8. The number of anilines is 1. The first-order chi connectivity index (χ1) is 19.5. The molecule has 3 aromatic rings. The molecule has 0 aliphatic rings. The molecule has 14 nitrogen and oxygen atoms in total. The van der Waals surface area contributed by atoms with Gasteiger partial charge in [0.15, 0.2) is 12.5 Å². The highest BCUT2D eigenvalue weighted by Crippen LogP contribution is 2.37. The summed E-state index contributed by atoms with van der Waals surface area (Å²) in [6, 6.07) is 3.39. The van der Waals surface area contributed by atoms with Crippen molar-refractivity contribution in [3.05, 3.63) is 65.0 Å². The highest BCUT2D eigenvalue weighted by molar-refractivity contribution is 6.37. The number of aromatic amines is 1. The van der Waals surface area contributed by atoms with Crippen molar-refractivity contribution in [1.82, 2.24) is 29.8 Å². The Labute approximate surface area is 245 Å². The number of H-pyrrole nitrogens is 1. The molecule has 17 heteroatoms. The summed E-state index contributed by atoms with van der Waals surface area (Å²) in [5.41, 5.74) is 3.79. The van der Waals surface area contributed by atoms with Crippen molar-refractivity contribution in [2.75, 3.05) is 12.8 Å². The summed E-state index contributed by atoms with van der Waals surface area (Å²) < 4.78 is 17.9. The predicted molar refractivity (Wildman–Crippen MR) is 153 cm³/mol. The molecule has 2 aromatic heterocycles. The molecule has 0 spiro atoms. The van der Waals surface area contributed by atoms with Gasteiger partial charge in [0, 0.05) is 18.7 Å². The Morgan fingerprint density at radius 1 is 1.17 bits per heavy atom. The maximum Gasteiger partial charge on any atom is 0.396 e. The van der Waals surface area contributed by atoms with Crippen molar-refractivity contribution >= 4 is 42.6 Å². The lowest BCUT2D eigenvalue weighted by molar-refractivity contribution is -0.150. The molecule has 41 heavy (non-hydrogen) atoms. The molecule has 3 rings (SSSR count). The fraction of sp³-hybridized carbons (Fsp3) is 0.417. The van der Waals surface area contributed by atoms with Crippen molar-refractivity contribution in [2.45, 2.75) is 58.7 Å². The molecule has 1 atom stereocenters. The number of carbonyl (C=O) groups is 1. The van der Waals surface area contributed by atoms with E-state index in [-0.39, 0.29) is 33.3 Å². The number of unbranched alkanes of at least 4 members (excludes halogenated alkanes) is 1. The van der Waals surface area contributed by atoms with Crippen LogP contribution in [0, 0.1) is 0 Å². The number of aromatic nitrogens is 5. The van der Waals surface area contributed by atoms with Crippen LogP contribution >= 0.6 is 23.2 Å². The monoisotopic (exact) mass is 608 g/mol. The third-order valence-corrected chi connectivity index (χ3v) is 6.30. The molecule has 0 aliphatic carbocycles. The number of benzene rings is 1. The Morgan fingerprint density at radius 2 is 1.85 bits per heavy atom. The summed E-state index contributed by atoms with van der Waals surface area (Å²) in [4.78, 5) is 51.5. The highest BCUT2D eigenvalue weighted by Gasteiger charge is 2.22. The van der Waals surface area contributed by atoms with Crippen LogP contribution < -0.4 is 32.5 Å². The molecule has 4 N–H and O–H groups in total. The third-order valence-electron chi connectivity index (χ3n) is 5.74. The number of nitrogens with one attached hydrogen (secondary N) is 2. The normalized spacial score (nSPS) is 11.9. The molecule has 0 fully saturated rings. The average molecular weight is 609 g/mol. The van der Waals surface area contributed by atoms with Gasteiger partial charge in [-0.15, -0.1) is 10.2 Å². The standard InChI is InChI=1S/C24H29BCl2N7O7/c1-5-6-7-17(30-25-39-4)23(37)40-11-33-22(36)14(12(2)3)10-18(31-33)41-19-15(26)8-13(9-16(19)27)34-24(38)29-21(35)20(28)32-34/h8-10,12,17,30H,5-7,11H2,1-4H3,(H2,28,32)(H,29,35,38)/t17-/m0/s1. The lowest BCUT2D eigenvalue weighted by Crippen LogP contribution is -2.41. The Hall–Kier alpha value is -3.66. The van der Waals surface area contributed by atoms with Gasteiger partial charge in [-0.05, 0) is 24.5 Å². The van der Waals surface area contributed by atoms with Crippen LogP contribution in [0.1, 0.15) is 51.5 Å². The van der Waals surface area contributed by atoms with Gasteiger partial charge in [0.05, 0.1) is 21.8 Å². The van der Waals surface area contributed by atoms with Gasteiger partial charge in [-0.2, -0.15) is 9.36 Å². The number of esters is 1. The fourth-order valence-electron chi connectivity index (χ4n) is 3.60. The van der Waals surface area contributed by atoms with E-state index < -0.39 is 41.4 Å². The lowest BCUT2D eigenvalue weighted by atomic mass is 10.1. The highest BCUT2D eigenvalue weighted by atomic mass is 35.5. The number of rotatable bonds is 13. The molecule has 1 aromatic carbocycles. The summed E-state index contributed by atoms with van der Waals surface area (Å²) in [6.07, 6.45) is 2.14. The molecule has 1 radical (unpaired) electrons. The first kappa shape index (κ1) is 31.9. The van der Waals surface area contributed by atoms with Crippen molar-refractivity contribution in [2.24, 2.45) is 0 Å². The van der Waals surface area contributed by atoms with Crippen LogP contribution in [-0.4, -0.2) is 51.3 Å². The van der Waals surface area contributed by atoms with Crippen molar-refractivity contribution in [3.8, 4) is 17.3 Å². The van der Waals surface area contributed by atoms with Crippen LogP contribution in [-0.2, 0) is 20.9 Å². The maximum atomic E-state index is 13.0. The van der Waals surface area contributed by atoms with Crippen LogP contribution in [0.2, 0.25) is 10.0 Å². The van der Waals surface area contributed by atoms with Crippen LogP contribution in [0.5, 0.6) is 11.6 Å². The van der Waals surface area contributed by atoms with E-state index in [0.717, 1.165) is 22.2 Å². The van der Waals surface area contributed by atoms with Crippen molar-refractivity contribution < 1.29 is 18.9 Å². The second-order valence-corrected chi connectivity index (χ2v) is 9.92. The number of nitrogens with zero attached hydrogens (tertiary/aromatic N) is 4. The number of nitrogen functional groups attached to an aromatic ring is 1. The number of halogens is 2. The first-order valence-electron chi connectivity index (χ1n) is 12.5. The SMILES string of the molecule is CCCC[C@H](N[B]OC)C(=O)OCn1nc(Oc2c(Cl)cc(-n3nc(N)c(=O)[nH]c3=O)cc2Cl)cc(C(C)C)c1=O. The zero-order valence-corrected chi connectivity index (χ0v) is 24.3. The molecular weight excluding hydrogens is 580 g/mol. The molecule has 0 unspecified atom stereocenters. The van der Waals surface area contributed by atoms with Gasteiger partial charge < -0.3 is 25.1 Å². The summed E-state index contributed by atoms with van der Waals surface area (Å²) in [5.74, 6) is -1.35. The predicted octanol–water partition coefficient (Wildman–Crippen LogP) is 2.11. The van der Waals surface area contributed by atoms with Gasteiger partial charge >= 0.3 is 19.3 Å². The van der Waals surface area contributed by atoms with E-state index >= 15 is 0 Å². The smallest absolute Gasteiger partial charge is 0.396 e. The molecule has 0 amide bonds. The average Bonchev–Trinajstić information content (AvgIpc) is 2.92. The number of carbonyl (C=O) groups excluding carboxylic acids is 1. The maximum absolute atomic E-state index is 13.0. The zero-order chi connectivity index (χ0) is 30.3. The molecule has 0 saturated heterocycles. The molecule has 0 aliphatic heterocycles. The molecule has 0 saturated carbocycles. The Morgan fingerprint density at radius 3 is 2.46 bits per heavy atom. The second-order valence-electron chi connectivity index (χ2n) is 9.10. The number of hydrogen-bond donors (Lipinski definition) is 3. The molecule has 2 heterocycles. The Balaban J connectivity index is 1.91. The van der Waals surface area contributed by atoms with Gasteiger partial charge in [-0.25, -0.2) is 4.79 Å². The number of hydrogen-bond acceptors (Lipinski definition) is 11. The van der Waals surface area contributed by atoms with Crippen LogP contribution in [0.25, 0.3) is 5.69 Å². The van der Waals surface area contributed by atoms with Crippen molar-refractivity contribution in [3.63, 3.8) is 0 Å². The van der Waals surface area contributed by atoms with E-state index in [2.05, 4.69) is 15.4 Å². The lowest BCUT2D eigenvalue weighted by Gasteiger charge is -2.18. The minimum Gasteiger partial charge on any atom is -0.441 e. The quantitative estimate of drug-likeness (QED) is 0.190. The van der Waals surface area contributed by atoms with Crippen LogP contribution in [0.15, 0.2) is 32.6 Å². The third kappa shape index (κ3) is 7.97. The van der Waals surface area contributed by atoms with E-state index in [1.807, 2.05) is 11.9 Å². The minimum atomic E-state index is -0.859. The van der Waals surface area contributed by atoms with Gasteiger partial charge in [0.1, 0.15) is 0 Å². The van der Waals surface area contributed by atoms with Gasteiger partial charge in [0.25, 0.3) is 11.1 Å². The van der Waals surface area contributed by atoms with Gasteiger partial charge in [0.2, 0.25) is 11.7 Å². The van der Waals surface area contributed by atoms with Gasteiger partial charge in [-0.1, -0.05) is 56.8 Å². The van der Waals surface area contributed by atoms with Crippen LogP contribution in [0.4, 0.5) is 5.82 Å². The fourth-order valence-corrected chi connectivity index (χ4v) is 4.15. The van der Waals surface area contributed by atoms with E-state index in [1.54, 1.807) is 13.8 Å². The van der Waals surface area contributed by atoms with Gasteiger partial charge in [-0.3, -0.25) is 19.4 Å². The second kappa shape index (κ2) is 14.3. The number of ether oxygens (including phenoxy) is 2. The summed E-state index contributed by atoms with van der Waals surface area (Å²) in [6.45, 7) is 5.12. The van der Waals surface area contributed by atoms with Crippen LogP contribution in [0.3, 0.4) is 0 Å². The zero-order valence-electron chi connectivity index (χ0n) is 22.8. The topological polar surface area (TPSA) is 185 Å². The van der Waals surface area contributed by atoms with E-state index in [0.29, 0.717) is 12.0 Å². The largest absolute Gasteiger partial charge is 0.441 e. The van der Waals surface area contributed by atoms with E-state index in [9.17, 15) is 19.2 Å². The minimum absolute atomic E-state index is 0.0362. The molecular formula is C24H29BCl2N7O7. The molecule has 219 valence electrons. The first-order valence-corrected chi connectivity index (χ1v) is 13.3. The summed E-state index contributed by atoms with van der Waals surface area (Å²) in [7, 11) is 2.73. The van der Waals surface area contributed by atoms with E-state index in [1.165, 1.54) is 32.9 Å². The molecule has 0 bridgehead atoms. The van der Waals surface area contributed by atoms with Crippen molar-refractivity contribution in [1.29, 1.82) is 0 Å². The Kier molecular flexibility index (Phi) is 11.1. The Bertz CT molecular complexity index is 1540.